The minimum Gasteiger partial charge on any atom is -0.495 e. The molecule has 0 aliphatic carbocycles. The maximum Gasteiger partial charge on any atom is 0.501 e. The van der Waals surface area contributed by atoms with Crippen molar-refractivity contribution >= 4 is 39.1 Å². The van der Waals surface area contributed by atoms with Crippen LogP contribution in [0.2, 0.25) is 0 Å². The zero-order valence-electron chi connectivity index (χ0n) is 17.3. The molecular weight excluding hydrogens is 469 g/mol. The molecule has 2 aromatic carbocycles. The van der Waals surface area contributed by atoms with E-state index in [2.05, 4.69) is 10.6 Å². The van der Waals surface area contributed by atoms with Gasteiger partial charge < -0.3 is 15.4 Å². The molecule has 174 valence electrons. The standard InChI is InChI=1S/C20H21F3N2O5S2/c1-12(2)24-18(26)11-31-17-7-5-4-6-14(17)19(27)25-15-10-13(8-9-16(15)30-3)32(28,29)20(21,22)23/h4-10,12H,11H2,1-3H3,(H,24,26)(H,25,27). The van der Waals surface area contributed by atoms with Crippen LogP contribution >= 0.6 is 11.8 Å². The monoisotopic (exact) mass is 490 g/mol. The summed E-state index contributed by atoms with van der Waals surface area (Å²) in [5.74, 6) is -0.921. The minimum absolute atomic E-state index is 0.0269. The lowest BCUT2D eigenvalue weighted by molar-refractivity contribution is -0.119. The third kappa shape index (κ3) is 6.16. The Morgan fingerprint density at radius 2 is 1.78 bits per heavy atom. The summed E-state index contributed by atoms with van der Waals surface area (Å²) in [5, 5.41) is 5.12. The number of rotatable bonds is 8. The van der Waals surface area contributed by atoms with Gasteiger partial charge in [-0.15, -0.1) is 11.8 Å². The SMILES string of the molecule is COc1ccc(S(=O)(=O)C(F)(F)F)cc1NC(=O)c1ccccc1SCC(=O)NC(C)C. The Morgan fingerprint density at radius 3 is 2.38 bits per heavy atom. The van der Waals surface area contributed by atoms with E-state index in [4.69, 9.17) is 4.74 Å². The lowest BCUT2D eigenvalue weighted by atomic mass is 10.2. The average Bonchev–Trinajstić information content (AvgIpc) is 2.71. The number of sulfone groups is 1. The highest BCUT2D eigenvalue weighted by Gasteiger charge is 2.47. The van der Waals surface area contributed by atoms with E-state index >= 15 is 0 Å². The third-order valence-corrected chi connectivity index (χ3v) is 6.53. The van der Waals surface area contributed by atoms with E-state index in [1.165, 1.54) is 13.2 Å². The smallest absolute Gasteiger partial charge is 0.495 e. The Kier molecular flexibility index (Phi) is 8.18. The lowest BCUT2D eigenvalue weighted by Crippen LogP contribution is -2.31. The molecule has 0 unspecified atom stereocenters. The molecule has 7 nitrogen and oxygen atoms in total. The van der Waals surface area contributed by atoms with Crippen molar-refractivity contribution in [2.75, 3.05) is 18.2 Å². The minimum atomic E-state index is -5.62. The van der Waals surface area contributed by atoms with Crippen LogP contribution in [0.15, 0.2) is 52.3 Å². The molecule has 2 amide bonds. The van der Waals surface area contributed by atoms with Gasteiger partial charge in [-0.05, 0) is 44.2 Å². The van der Waals surface area contributed by atoms with Gasteiger partial charge in [0.1, 0.15) is 5.75 Å². The molecule has 32 heavy (non-hydrogen) atoms. The molecular formula is C20H21F3N2O5S2. The highest BCUT2D eigenvalue weighted by Crippen LogP contribution is 2.35. The largest absolute Gasteiger partial charge is 0.501 e. The summed E-state index contributed by atoms with van der Waals surface area (Å²) in [7, 11) is -4.39. The highest BCUT2D eigenvalue weighted by atomic mass is 32.2. The zero-order valence-corrected chi connectivity index (χ0v) is 19.0. The first-order valence-corrected chi connectivity index (χ1v) is 11.7. The summed E-state index contributed by atoms with van der Waals surface area (Å²) in [6.45, 7) is 3.62. The average molecular weight is 491 g/mol. The highest BCUT2D eigenvalue weighted by molar-refractivity contribution is 8.00. The van der Waals surface area contributed by atoms with Gasteiger partial charge in [0.25, 0.3) is 15.7 Å². The van der Waals surface area contributed by atoms with Gasteiger partial charge in [0.05, 0.1) is 29.0 Å². The second kappa shape index (κ2) is 10.3. The topological polar surface area (TPSA) is 102 Å². The van der Waals surface area contributed by atoms with Crippen LogP contribution < -0.4 is 15.4 Å². The first-order chi connectivity index (χ1) is 14.9. The fourth-order valence-corrected chi connectivity index (χ4v) is 4.21. The quantitative estimate of drug-likeness (QED) is 0.545. The van der Waals surface area contributed by atoms with Crippen molar-refractivity contribution in [2.45, 2.75) is 35.2 Å². The number of nitrogens with one attached hydrogen (secondary N) is 2. The summed E-state index contributed by atoms with van der Waals surface area (Å²) >= 11 is 1.11. The summed E-state index contributed by atoms with van der Waals surface area (Å²) in [6.07, 6.45) is 0. The Balaban J connectivity index is 2.32. The van der Waals surface area contributed by atoms with E-state index in [0.717, 1.165) is 23.9 Å². The van der Waals surface area contributed by atoms with E-state index in [0.29, 0.717) is 11.0 Å². The molecule has 2 rings (SSSR count). The van der Waals surface area contributed by atoms with E-state index < -0.39 is 26.1 Å². The molecule has 0 saturated heterocycles. The molecule has 0 spiro atoms. The van der Waals surface area contributed by atoms with Gasteiger partial charge >= 0.3 is 5.51 Å². The van der Waals surface area contributed by atoms with Crippen LogP contribution in [0.25, 0.3) is 0 Å². The Morgan fingerprint density at radius 1 is 1.12 bits per heavy atom. The van der Waals surface area contributed by atoms with Crippen molar-refractivity contribution in [1.82, 2.24) is 5.32 Å². The van der Waals surface area contributed by atoms with Crippen LogP contribution in [0.5, 0.6) is 5.75 Å². The van der Waals surface area contributed by atoms with Crippen molar-refractivity contribution < 1.29 is 35.9 Å². The maximum absolute atomic E-state index is 12.9. The Bertz CT molecular complexity index is 1100. The molecule has 12 heteroatoms. The van der Waals surface area contributed by atoms with Gasteiger partial charge in [0.15, 0.2) is 0 Å². The van der Waals surface area contributed by atoms with Crippen molar-refractivity contribution in [3.8, 4) is 5.75 Å². The molecule has 0 radical (unpaired) electrons. The predicted molar refractivity (Wildman–Crippen MR) is 115 cm³/mol. The number of benzene rings is 2. The number of methoxy groups -OCH3 is 1. The summed E-state index contributed by atoms with van der Waals surface area (Å²) < 4.78 is 67.2. The second-order valence-corrected chi connectivity index (χ2v) is 9.73. The first kappa shape index (κ1) is 25.5. The van der Waals surface area contributed by atoms with Gasteiger partial charge in [-0.25, -0.2) is 8.42 Å². The number of carbonyl (C=O) groups excluding carboxylic acids is 2. The van der Waals surface area contributed by atoms with Gasteiger partial charge in [-0.3, -0.25) is 9.59 Å². The van der Waals surface area contributed by atoms with Crippen LogP contribution in [0.4, 0.5) is 18.9 Å². The summed E-state index contributed by atoms with van der Waals surface area (Å²) in [5.41, 5.74) is -5.59. The van der Waals surface area contributed by atoms with Crippen molar-refractivity contribution in [3.63, 3.8) is 0 Å². The number of thioether (sulfide) groups is 1. The Labute approximate surface area is 187 Å². The number of anilines is 1. The number of hydrogen-bond acceptors (Lipinski definition) is 6. The molecule has 0 saturated carbocycles. The molecule has 2 aromatic rings. The molecule has 0 bridgehead atoms. The van der Waals surface area contributed by atoms with Crippen LogP contribution in [0.1, 0.15) is 24.2 Å². The van der Waals surface area contributed by atoms with Crippen LogP contribution in [-0.4, -0.2) is 44.6 Å². The fourth-order valence-electron chi connectivity index (χ4n) is 2.56. The van der Waals surface area contributed by atoms with E-state index in [9.17, 15) is 31.2 Å². The first-order valence-electron chi connectivity index (χ1n) is 9.18. The number of hydrogen-bond donors (Lipinski definition) is 2. The summed E-state index contributed by atoms with van der Waals surface area (Å²) in [6, 6.07) is 8.73. The fraction of sp³-hybridized carbons (Fsp3) is 0.300. The molecule has 0 atom stereocenters. The number of halogens is 3. The van der Waals surface area contributed by atoms with E-state index in [1.807, 2.05) is 13.8 Å². The third-order valence-electron chi connectivity index (χ3n) is 3.97. The van der Waals surface area contributed by atoms with Crippen LogP contribution in [0.3, 0.4) is 0 Å². The second-order valence-electron chi connectivity index (χ2n) is 6.77. The van der Waals surface area contributed by atoms with E-state index in [-0.39, 0.29) is 34.7 Å². The molecule has 0 aromatic heterocycles. The predicted octanol–water partition coefficient (Wildman–Crippen LogP) is 3.86. The van der Waals surface area contributed by atoms with Crippen LogP contribution in [-0.2, 0) is 14.6 Å². The number of ether oxygens (including phenoxy) is 1. The number of amides is 2. The molecule has 0 aliphatic heterocycles. The zero-order chi connectivity index (χ0) is 24.1. The van der Waals surface area contributed by atoms with Crippen LogP contribution in [0, 0.1) is 0 Å². The molecule has 0 heterocycles. The maximum atomic E-state index is 12.9. The molecule has 2 N–H and O–H groups in total. The molecule has 0 aliphatic rings. The van der Waals surface area contributed by atoms with Crippen molar-refractivity contribution in [3.05, 3.63) is 48.0 Å². The van der Waals surface area contributed by atoms with Gasteiger partial charge in [-0.2, -0.15) is 13.2 Å². The Hall–Kier alpha value is -2.73. The van der Waals surface area contributed by atoms with Crippen molar-refractivity contribution in [1.29, 1.82) is 0 Å². The number of alkyl halides is 3. The summed E-state index contributed by atoms with van der Waals surface area (Å²) in [4.78, 5) is 24.2. The lowest BCUT2D eigenvalue weighted by Gasteiger charge is -2.15. The molecule has 0 fully saturated rings. The normalized spacial score (nSPS) is 11.8. The van der Waals surface area contributed by atoms with E-state index in [1.54, 1.807) is 18.2 Å². The number of carbonyl (C=O) groups is 2. The van der Waals surface area contributed by atoms with Gasteiger partial charge in [0, 0.05) is 10.9 Å². The van der Waals surface area contributed by atoms with Gasteiger partial charge in [0.2, 0.25) is 5.91 Å². The van der Waals surface area contributed by atoms with Crippen molar-refractivity contribution in [2.24, 2.45) is 0 Å². The van der Waals surface area contributed by atoms with Gasteiger partial charge in [-0.1, -0.05) is 12.1 Å².